The summed E-state index contributed by atoms with van der Waals surface area (Å²) >= 11 is 1.26. The van der Waals surface area contributed by atoms with Crippen molar-refractivity contribution in [2.24, 2.45) is 5.41 Å². The Bertz CT molecular complexity index is 887. The monoisotopic (exact) mass is 612 g/mol. The molecule has 1 spiro atoms. The number of benzene rings is 1. The number of likely N-dealkylation sites (tertiary alicyclic amines) is 1. The molecule has 27 heavy (non-hydrogen) atoms. The first kappa shape index (κ1) is 21.4. The molecule has 1 N–H and O–H groups in total. The Balaban J connectivity index is 0.00000102. The highest BCUT2D eigenvalue weighted by molar-refractivity contribution is 14.2. The van der Waals surface area contributed by atoms with Crippen LogP contribution in [-0.2, 0) is 0 Å². The van der Waals surface area contributed by atoms with E-state index in [2.05, 4.69) is 29.7 Å². The molecule has 4 rings (SSSR count). The molecule has 2 aliphatic heterocycles. The molecule has 0 saturated carbocycles. The van der Waals surface area contributed by atoms with Gasteiger partial charge in [-0.05, 0) is 65.5 Å². The van der Waals surface area contributed by atoms with Crippen molar-refractivity contribution in [3.63, 3.8) is 0 Å². The number of nitrogens with one attached hydrogen (secondary N) is 1. The Morgan fingerprint density at radius 1 is 1.22 bits per heavy atom. The number of piperidine rings is 1. The van der Waals surface area contributed by atoms with Crippen molar-refractivity contribution in [2.45, 2.75) is 26.7 Å². The van der Waals surface area contributed by atoms with E-state index in [4.69, 9.17) is 0 Å². The zero-order valence-electron chi connectivity index (χ0n) is 16.2. The van der Waals surface area contributed by atoms with Crippen LogP contribution < -0.4 is 5.32 Å². The van der Waals surface area contributed by atoms with Crippen molar-refractivity contribution >= 4 is 76.3 Å². The summed E-state index contributed by atoms with van der Waals surface area (Å²) < 4.78 is 8.08. The molecular formula is C19H26I2N4OS. The number of hydrogen-bond donors (Lipinski definition) is 1. The number of carbonyl (C=O) groups is 1. The summed E-state index contributed by atoms with van der Waals surface area (Å²) in [4.78, 5) is 20.1. The number of fused-ring (bicyclic) bond motifs is 1. The van der Waals surface area contributed by atoms with E-state index < -0.39 is 0 Å². The summed E-state index contributed by atoms with van der Waals surface area (Å²) in [5, 5.41) is 7.62. The Morgan fingerprint density at radius 2 is 1.96 bits per heavy atom. The molecule has 5 nitrogen and oxygen atoms in total. The van der Waals surface area contributed by atoms with Crippen LogP contribution in [0.2, 0.25) is 0 Å². The van der Waals surface area contributed by atoms with Gasteiger partial charge in [0.25, 0.3) is 5.91 Å². The molecule has 2 saturated heterocycles. The average Bonchev–Trinajstić information content (AvgIpc) is 3.31. The molecule has 3 heterocycles. The normalized spacial score (nSPS) is 22.3. The lowest BCUT2D eigenvalue weighted by Gasteiger charge is -2.34. The largest absolute Gasteiger partial charge is 0.317 e. The minimum Gasteiger partial charge on any atom is -0.317 e. The van der Waals surface area contributed by atoms with Gasteiger partial charge in [0.05, 0.1) is 8.33 Å². The van der Waals surface area contributed by atoms with Crippen LogP contribution in [0.3, 0.4) is 0 Å². The first-order chi connectivity index (χ1) is 13.2. The van der Waals surface area contributed by atoms with Gasteiger partial charge >= 0.3 is 0 Å². The summed E-state index contributed by atoms with van der Waals surface area (Å²) in [7, 11) is 0. The lowest BCUT2D eigenvalue weighted by Crippen LogP contribution is -2.42. The van der Waals surface area contributed by atoms with E-state index in [-0.39, 0.29) is 52.8 Å². The molecule has 2 fully saturated rings. The van der Waals surface area contributed by atoms with Gasteiger partial charge in [0.2, 0.25) is 0 Å². The Kier molecular flexibility index (Phi) is 7.48. The van der Waals surface area contributed by atoms with E-state index >= 15 is 0 Å². The number of nitrogens with zero attached hydrogens (tertiary/aromatic N) is 3. The van der Waals surface area contributed by atoms with Crippen LogP contribution in [0, 0.1) is 5.41 Å². The fraction of sp³-hybridized carbons (Fsp3) is 0.526. The summed E-state index contributed by atoms with van der Waals surface area (Å²) in [5.41, 5.74) is 1.82. The van der Waals surface area contributed by atoms with Crippen LogP contribution in [0.25, 0.3) is 10.2 Å². The van der Waals surface area contributed by atoms with E-state index in [0.717, 1.165) is 35.4 Å². The SMILES string of the molecule is CC.CI=C1C(=IC)C2(CCNCC2)CN1C(=O)c1ccc2snnc2c1. The second-order valence-electron chi connectivity index (χ2n) is 6.36. The maximum Gasteiger partial charge on any atom is 0.258 e. The number of amides is 1. The van der Waals surface area contributed by atoms with Crippen molar-refractivity contribution in [1.82, 2.24) is 19.8 Å². The summed E-state index contributed by atoms with van der Waals surface area (Å²) in [6.45, 7) is 7.02. The zero-order valence-corrected chi connectivity index (χ0v) is 21.3. The van der Waals surface area contributed by atoms with Crippen molar-refractivity contribution < 1.29 is 4.79 Å². The summed E-state index contributed by atoms with van der Waals surface area (Å²) in [6, 6.07) is 5.81. The molecule has 0 atom stereocenters. The third kappa shape index (κ3) is 4.04. The average molecular weight is 612 g/mol. The van der Waals surface area contributed by atoms with Crippen LogP contribution in [0.1, 0.15) is 37.0 Å². The van der Waals surface area contributed by atoms with Crippen LogP contribution >= 0.6 is 53.0 Å². The standard InChI is InChI=1S/C17H20I2N4OS.C2H6/c1-18-14-15(19-2)23(10-17(14)5-7-20-8-6-17)16(24)11-3-4-13-12(9-11)21-22-25-13;1-2/h3-4,9,20H,5-8,10H2,1-2H3;1-2H3. The van der Waals surface area contributed by atoms with Crippen molar-refractivity contribution in [2.75, 3.05) is 29.5 Å². The molecule has 2 aliphatic rings. The number of carbonyl (C=O) groups excluding carboxylic acids is 1. The molecule has 1 aromatic heterocycles. The molecule has 2 aromatic rings. The first-order valence-electron chi connectivity index (χ1n) is 9.17. The Morgan fingerprint density at radius 3 is 2.63 bits per heavy atom. The molecule has 0 bridgehead atoms. The van der Waals surface area contributed by atoms with E-state index in [1.165, 1.54) is 28.0 Å². The predicted octanol–water partition coefficient (Wildman–Crippen LogP) is 4.05. The van der Waals surface area contributed by atoms with Gasteiger partial charge in [-0.3, -0.25) is 4.79 Å². The minimum atomic E-state index is -0.121. The zero-order chi connectivity index (χ0) is 19.4. The molecule has 0 aliphatic carbocycles. The second kappa shape index (κ2) is 9.45. The fourth-order valence-electron chi connectivity index (χ4n) is 3.76. The number of hydrogen-bond acceptors (Lipinski definition) is 5. The van der Waals surface area contributed by atoms with Gasteiger partial charge in [0.1, 0.15) is 5.52 Å². The quantitative estimate of drug-likeness (QED) is 0.391. The van der Waals surface area contributed by atoms with Gasteiger partial charge < -0.3 is 10.2 Å². The molecule has 8 heteroatoms. The number of alkyl halides is 2. The third-order valence-corrected chi connectivity index (χ3v) is 11.6. The summed E-state index contributed by atoms with van der Waals surface area (Å²) in [5.74, 6) is 0.150. The fourth-order valence-corrected chi connectivity index (χ4v) is 11.6. The van der Waals surface area contributed by atoms with Crippen LogP contribution in [0.5, 0.6) is 0 Å². The van der Waals surface area contributed by atoms with Crippen molar-refractivity contribution in [1.29, 1.82) is 0 Å². The van der Waals surface area contributed by atoms with Gasteiger partial charge in [-0.1, -0.05) is 39.1 Å². The first-order valence-corrected chi connectivity index (χ1v) is 16.4. The van der Waals surface area contributed by atoms with Gasteiger partial charge in [0, 0.05) is 21.0 Å². The minimum absolute atomic E-state index is 0.00354. The lowest BCUT2D eigenvalue weighted by molar-refractivity contribution is 0.0827. The van der Waals surface area contributed by atoms with E-state index in [1.807, 2.05) is 32.0 Å². The van der Waals surface area contributed by atoms with Crippen molar-refractivity contribution in [3.8, 4) is 0 Å². The van der Waals surface area contributed by atoms with Crippen molar-refractivity contribution in [3.05, 3.63) is 23.8 Å². The number of rotatable bonds is 1. The molecule has 0 radical (unpaired) electrons. The number of halogens is 2. The lowest BCUT2D eigenvalue weighted by atomic mass is 9.78. The van der Waals surface area contributed by atoms with E-state index in [9.17, 15) is 4.79 Å². The second-order valence-corrected chi connectivity index (χ2v) is 11.4. The van der Waals surface area contributed by atoms with E-state index in [0.29, 0.717) is 0 Å². The Labute approximate surface area is 185 Å². The predicted molar refractivity (Wildman–Crippen MR) is 134 cm³/mol. The molecular weight excluding hydrogens is 586 g/mol. The van der Waals surface area contributed by atoms with Gasteiger partial charge in [0.15, 0.2) is 0 Å². The summed E-state index contributed by atoms with van der Waals surface area (Å²) in [6.07, 6.45) is 2.34. The molecule has 1 aromatic carbocycles. The maximum absolute atomic E-state index is 13.3. The topological polar surface area (TPSA) is 58.1 Å². The molecule has 148 valence electrons. The smallest absolute Gasteiger partial charge is 0.258 e. The number of aromatic nitrogens is 2. The van der Waals surface area contributed by atoms with Gasteiger partial charge in [-0.15, -0.1) is 25.8 Å². The Hall–Kier alpha value is -0.330. The highest BCUT2D eigenvalue weighted by atomic mass is 127. The molecule has 0 unspecified atom stereocenters. The molecule has 1 amide bonds. The van der Waals surface area contributed by atoms with Gasteiger partial charge in [-0.2, -0.15) is 0 Å². The highest BCUT2D eigenvalue weighted by Crippen LogP contribution is 2.42. The van der Waals surface area contributed by atoms with Crippen LogP contribution in [0.4, 0.5) is 0 Å². The van der Waals surface area contributed by atoms with Gasteiger partial charge in [-0.25, -0.2) is 0 Å². The third-order valence-electron chi connectivity index (χ3n) is 5.01. The van der Waals surface area contributed by atoms with Crippen LogP contribution in [0.15, 0.2) is 18.2 Å². The maximum atomic E-state index is 13.3. The van der Waals surface area contributed by atoms with Crippen LogP contribution in [-0.4, -0.2) is 57.0 Å². The highest BCUT2D eigenvalue weighted by Gasteiger charge is 2.48. The van der Waals surface area contributed by atoms with E-state index in [1.54, 1.807) is 3.51 Å².